The summed E-state index contributed by atoms with van der Waals surface area (Å²) in [5, 5.41) is 12.1. The first-order chi connectivity index (χ1) is 12.5. The summed E-state index contributed by atoms with van der Waals surface area (Å²) in [6.45, 7) is 4.12. The summed E-state index contributed by atoms with van der Waals surface area (Å²) in [4.78, 5) is 12.7. The number of hydrogen-bond donors (Lipinski definition) is 1. The molecule has 0 saturated carbocycles. The highest BCUT2D eigenvalue weighted by Crippen LogP contribution is 2.24. The summed E-state index contributed by atoms with van der Waals surface area (Å²) in [6.07, 6.45) is -0.706. The molecule has 26 heavy (non-hydrogen) atoms. The predicted octanol–water partition coefficient (Wildman–Crippen LogP) is 4.05. The van der Waals surface area contributed by atoms with Crippen molar-refractivity contribution in [3.8, 4) is 17.6 Å². The van der Waals surface area contributed by atoms with Crippen molar-refractivity contribution < 1.29 is 14.3 Å². The fourth-order valence-electron chi connectivity index (χ4n) is 2.46. The molecule has 1 amide bonds. The number of amides is 1. The molecule has 0 spiro atoms. The van der Waals surface area contributed by atoms with Gasteiger partial charge in [0.1, 0.15) is 17.6 Å². The van der Waals surface area contributed by atoms with Gasteiger partial charge >= 0.3 is 0 Å². The Morgan fingerprint density at radius 1 is 1.23 bits per heavy atom. The van der Waals surface area contributed by atoms with E-state index in [1.807, 2.05) is 32.0 Å². The third-order valence-corrected chi connectivity index (χ3v) is 4.31. The minimum Gasteiger partial charge on any atom is -0.496 e. The van der Waals surface area contributed by atoms with Crippen LogP contribution in [0.5, 0.6) is 11.5 Å². The van der Waals surface area contributed by atoms with E-state index in [0.29, 0.717) is 23.6 Å². The van der Waals surface area contributed by atoms with Gasteiger partial charge in [-0.25, -0.2) is 0 Å². The lowest BCUT2D eigenvalue weighted by Gasteiger charge is -2.22. The first-order valence-corrected chi connectivity index (χ1v) is 9.01. The van der Waals surface area contributed by atoms with E-state index in [0.717, 1.165) is 10.0 Å². The maximum absolute atomic E-state index is 12.7. The van der Waals surface area contributed by atoms with Gasteiger partial charge in [-0.3, -0.25) is 4.79 Å². The first kappa shape index (κ1) is 19.8. The first-order valence-electron chi connectivity index (χ1n) is 8.22. The number of nitrogens with zero attached hydrogens (tertiary/aromatic N) is 1. The van der Waals surface area contributed by atoms with Gasteiger partial charge in [0, 0.05) is 16.6 Å². The normalized spacial score (nSPS) is 11.5. The largest absolute Gasteiger partial charge is 0.496 e. The average Bonchev–Trinajstić information content (AvgIpc) is 2.64. The van der Waals surface area contributed by atoms with Crippen LogP contribution in [0.3, 0.4) is 0 Å². The second-order valence-electron chi connectivity index (χ2n) is 6.06. The Morgan fingerprint density at radius 2 is 1.96 bits per heavy atom. The molecule has 0 aliphatic carbocycles. The minimum atomic E-state index is -0.706. The zero-order chi connectivity index (χ0) is 19.1. The molecule has 0 fully saturated rings. The number of nitrogens with one attached hydrogen (secondary N) is 1. The molecule has 2 rings (SSSR count). The molecular formula is C20H21BrN2O3. The second-order valence-corrected chi connectivity index (χ2v) is 6.98. The Hall–Kier alpha value is -2.52. The van der Waals surface area contributed by atoms with Gasteiger partial charge in [0.2, 0.25) is 0 Å². The van der Waals surface area contributed by atoms with Crippen LogP contribution in [0.1, 0.15) is 25.0 Å². The molecule has 136 valence electrons. The lowest BCUT2D eigenvalue weighted by molar-refractivity contribution is -0.130. The van der Waals surface area contributed by atoms with Crippen molar-refractivity contribution in [2.24, 2.45) is 5.92 Å². The highest BCUT2D eigenvalue weighted by Gasteiger charge is 2.25. The minimum absolute atomic E-state index is 0.0637. The number of para-hydroxylation sites is 1. The molecule has 0 aromatic heterocycles. The summed E-state index contributed by atoms with van der Waals surface area (Å²) < 4.78 is 12.1. The van der Waals surface area contributed by atoms with Crippen molar-refractivity contribution in [1.82, 2.24) is 5.32 Å². The molecular weight excluding hydrogens is 396 g/mol. The van der Waals surface area contributed by atoms with Crippen molar-refractivity contribution in [1.29, 1.82) is 5.26 Å². The number of carbonyl (C=O) groups is 1. The van der Waals surface area contributed by atoms with Crippen LogP contribution in [0.15, 0.2) is 46.9 Å². The molecule has 5 nitrogen and oxygen atoms in total. The van der Waals surface area contributed by atoms with Crippen molar-refractivity contribution >= 4 is 21.8 Å². The third-order valence-electron chi connectivity index (χ3n) is 3.82. The Kier molecular flexibility index (Phi) is 7.05. The molecule has 0 bridgehead atoms. The van der Waals surface area contributed by atoms with E-state index in [-0.39, 0.29) is 11.8 Å². The predicted molar refractivity (Wildman–Crippen MR) is 103 cm³/mol. The number of rotatable bonds is 7. The maximum atomic E-state index is 12.7. The van der Waals surface area contributed by atoms with Crippen LogP contribution in [0.2, 0.25) is 0 Å². The summed E-state index contributed by atoms with van der Waals surface area (Å²) in [6, 6.07) is 14.6. The fraction of sp³-hybridized carbons (Fsp3) is 0.300. The zero-order valence-electron chi connectivity index (χ0n) is 15.0. The molecule has 2 aromatic carbocycles. The fourth-order valence-corrected chi connectivity index (χ4v) is 2.87. The van der Waals surface area contributed by atoms with Crippen molar-refractivity contribution in [3.05, 3.63) is 58.1 Å². The third kappa shape index (κ3) is 4.99. The highest BCUT2D eigenvalue weighted by molar-refractivity contribution is 9.10. The van der Waals surface area contributed by atoms with E-state index in [2.05, 4.69) is 27.3 Å². The highest BCUT2D eigenvalue weighted by atomic mass is 79.9. The van der Waals surface area contributed by atoms with E-state index >= 15 is 0 Å². The second kappa shape index (κ2) is 9.25. The number of hydrogen-bond acceptors (Lipinski definition) is 4. The Balaban J connectivity index is 2.12. The Morgan fingerprint density at radius 3 is 2.62 bits per heavy atom. The van der Waals surface area contributed by atoms with Crippen molar-refractivity contribution in [3.63, 3.8) is 0 Å². The van der Waals surface area contributed by atoms with E-state index < -0.39 is 6.10 Å². The summed E-state index contributed by atoms with van der Waals surface area (Å²) >= 11 is 3.42. The zero-order valence-corrected chi connectivity index (χ0v) is 16.5. The Labute approximate surface area is 162 Å². The van der Waals surface area contributed by atoms with Gasteiger partial charge in [-0.05, 0) is 36.2 Å². The van der Waals surface area contributed by atoms with Crippen LogP contribution in [-0.2, 0) is 11.3 Å². The molecule has 1 atom stereocenters. The summed E-state index contributed by atoms with van der Waals surface area (Å²) in [5.41, 5.74) is 1.26. The van der Waals surface area contributed by atoms with Gasteiger partial charge in [-0.2, -0.15) is 5.26 Å². The number of benzene rings is 2. The van der Waals surface area contributed by atoms with Gasteiger partial charge in [0.05, 0.1) is 12.7 Å². The summed E-state index contributed by atoms with van der Waals surface area (Å²) in [5.74, 6) is 0.801. The van der Waals surface area contributed by atoms with Gasteiger partial charge in [-0.15, -0.1) is 0 Å². The molecule has 0 saturated heterocycles. The maximum Gasteiger partial charge on any atom is 0.261 e. The number of halogens is 1. The van der Waals surface area contributed by atoms with Crippen LogP contribution in [0.25, 0.3) is 0 Å². The SMILES string of the molecule is COc1ccc(Br)cc1CNC(=O)C(Oc1ccccc1C#N)C(C)C. The van der Waals surface area contributed by atoms with Crippen molar-refractivity contribution in [2.75, 3.05) is 7.11 Å². The van der Waals surface area contributed by atoms with E-state index in [4.69, 9.17) is 9.47 Å². The smallest absolute Gasteiger partial charge is 0.261 e. The summed E-state index contributed by atoms with van der Waals surface area (Å²) in [7, 11) is 1.59. The van der Waals surface area contributed by atoms with Crippen LogP contribution >= 0.6 is 15.9 Å². The van der Waals surface area contributed by atoms with Crippen LogP contribution in [0.4, 0.5) is 0 Å². The monoisotopic (exact) mass is 416 g/mol. The quantitative estimate of drug-likeness (QED) is 0.738. The lowest BCUT2D eigenvalue weighted by Crippen LogP contribution is -2.41. The van der Waals surface area contributed by atoms with Gasteiger partial charge in [-0.1, -0.05) is 41.9 Å². The average molecular weight is 417 g/mol. The molecule has 0 aliphatic heterocycles. The molecule has 1 N–H and O–H groups in total. The van der Waals surface area contributed by atoms with E-state index in [9.17, 15) is 10.1 Å². The Bertz CT molecular complexity index is 815. The van der Waals surface area contributed by atoms with Gasteiger partial charge in [0.15, 0.2) is 6.10 Å². The topological polar surface area (TPSA) is 71.3 Å². The number of methoxy groups -OCH3 is 1. The lowest BCUT2D eigenvalue weighted by atomic mass is 10.1. The number of nitriles is 1. The molecule has 1 unspecified atom stereocenters. The van der Waals surface area contributed by atoms with Crippen LogP contribution in [-0.4, -0.2) is 19.1 Å². The molecule has 0 radical (unpaired) electrons. The molecule has 2 aromatic rings. The van der Waals surface area contributed by atoms with Crippen LogP contribution < -0.4 is 14.8 Å². The number of ether oxygens (including phenoxy) is 2. The van der Waals surface area contributed by atoms with E-state index in [1.165, 1.54) is 0 Å². The molecule has 0 heterocycles. The van der Waals surface area contributed by atoms with Crippen LogP contribution in [0, 0.1) is 17.2 Å². The van der Waals surface area contributed by atoms with Gasteiger partial charge in [0.25, 0.3) is 5.91 Å². The number of carbonyl (C=O) groups excluding carboxylic acids is 1. The standard InChI is InChI=1S/C20H21BrN2O3/c1-13(2)19(26-18-7-5-4-6-14(18)11-22)20(24)23-12-15-10-16(21)8-9-17(15)25-3/h4-10,13,19H,12H2,1-3H3,(H,23,24). The van der Waals surface area contributed by atoms with Gasteiger partial charge < -0.3 is 14.8 Å². The molecule has 6 heteroatoms. The van der Waals surface area contributed by atoms with Crippen molar-refractivity contribution in [2.45, 2.75) is 26.5 Å². The molecule has 0 aliphatic rings. The van der Waals surface area contributed by atoms with E-state index in [1.54, 1.807) is 31.4 Å².